The lowest BCUT2D eigenvalue weighted by atomic mass is 9.77. The molecule has 2 aromatic heterocycles. The van der Waals surface area contributed by atoms with Gasteiger partial charge in [0.05, 0.1) is 33.7 Å². The van der Waals surface area contributed by atoms with E-state index < -0.39 is 34.9 Å². The van der Waals surface area contributed by atoms with Crippen LogP contribution in [-0.2, 0) is 11.8 Å². The summed E-state index contributed by atoms with van der Waals surface area (Å²) in [5.74, 6) is -1.16. The molecule has 3 atom stereocenters. The Morgan fingerprint density at radius 3 is 2.51 bits per heavy atom. The van der Waals surface area contributed by atoms with Gasteiger partial charge in [0.25, 0.3) is 0 Å². The van der Waals surface area contributed by atoms with Crippen molar-refractivity contribution in [1.29, 1.82) is 0 Å². The molecule has 200 valence electrons. The molecule has 3 heterocycles. The maximum absolute atomic E-state index is 14.8. The van der Waals surface area contributed by atoms with Crippen molar-refractivity contribution in [3.05, 3.63) is 53.2 Å². The standard InChI is InChI=1S/C26H30F4N4O3/c1-14-4-5-16(12-31-14)25(36)8-15(2)32-17(9-25)13-37-19-6-20-22(21(7-19)26(28,29)30)34(33-23(20)27)18-10-24(3,35)11-18/h4-7,12,15,17-18,32,35-36H,8-11,13H2,1-3H3. The van der Waals surface area contributed by atoms with Gasteiger partial charge in [-0.05, 0) is 64.7 Å². The summed E-state index contributed by atoms with van der Waals surface area (Å²) in [6, 6.07) is 4.74. The number of alkyl halides is 3. The summed E-state index contributed by atoms with van der Waals surface area (Å²) in [5, 5.41) is 28.2. The van der Waals surface area contributed by atoms with Crippen molar-refractivity contribution in [3.63, 3.8) is 0 Å². The Bertz CT molecular complexity index is 1300. The molecular weight excluding hydrogens is 492 g/mol. The topological polar surface area (TPSA) is 92.4 Å². The first-order chi connectivity index (χ1) is 17.2. The molecule has 3 unspecified atom stereocenters. The number of halogens is 4. The largest absolute Gasteiger partial charge is 0.492 e. The summed E-state index contributed by atoms with van der Waals surface area (Å²) < 4.78 is 63.8. The number of benzene rings is 1. The van der Waals surface area contributed by atoms with Gasteiger partial charge in [0.15, 0.2) is 0 Å². The summed E-state index contributed by atoms with van der Waals surface area (Å²) in [6.45, 7) is 5.31. The van der Waals surface area contributed by atoms with Gasteiger partial charge in [-0.3, -0.25) is 9.67 Å². The SMILES string of the molecule is Cc1ccc(C2(O)CC(C)NC(COc3cc(C(F)(F)F)c4c(c3)c(F)nn4C3CC(C)(O)C3)C2)cn1. The van der Waals surface area contributed by atoms with Gasteiger partial charge in [-0.2, -0.15) is 17.6 Å². The van der Waals surface area contributed by atoms with E-state index in [9.17, 15) is 27.8 Å². The number of pyridine rings is 1. The first-order valence-corrected chi connectivity index (χ1v) is 12.3. The predicted octanol–water partition coefficient (Wildman–Crippen LogP) is 4.39. The van der Waals surface area contributed by atoms with Gasteiger partial charge in [-0.25, -0.2) is 0 Å². The lowest BCUT2D eigenvalue weighted by molar-refractivity contribution is -0.136. The molecule has 3 N–H and O–H groups in total. The molecular formula is C26H30F4N4O3. The Morgan fingerprint density at radius 1 is 1.16 bits per heavy atom. The van der Waals surface area contributed by atoms with E-state index in [0.717, 1.165) is 16.4 Å². The van der Waals surface area contributed by atoms with E-state index >= 15 is 0 Å². The van der Waals surface area contributed by atoms with E-state index in [1.54, 1.807) is 13.1 Å². The zero-order valence-electron chi connectivity index (χ0n) is 20.8. The van der Waals surface area contributed by atoms with Crippen molar-refractivity contribution in [3.8, 4) is 5.75 Å². The minimum atomic E-state index is -4.77. The molecule has 1 aliphatic carbocycles. The fourth-order valence-electron chi connectivity index (χ4n) is 5.70. The quantitative estimate of drug-likeness (QED) is 0.431. The molecule has 2 aliphatic rings. The second-order valence-corrected chi connectivity index (χ2v) is 10.9. The van der Waals surface area contributed by atoms with Gasteiger partial charge in [0.2, 0.25) is 5.95 Å². The number of aryl methyl sites for hydroxylation is 1. The molecule has 7 nitrogen and oxygen atoms in total. The van der Waals surface area contributed by atoms with Crippen LogP contribution in [0.2, 0.25) is 0 Å². The van der Waals surface area contributed by atoms with Crippen molar-refractivity contribution in [2.45, 2.75) is 82.0 Å². The molecule has 1 aromatic carbocycles. The Kier molecular flexibility index (Phi) is 6.24. The normalized spacial score (nSPS) is 30.4. The van der Waals surface area contributed by atoms with Crippen LogP contribution in [0.15, 0.2) is 30.5 Å². The monoisotopic (exact) mass is 522 g/mol. The van der Waals surface area contributed by atoms with Crippen LogP contribution in [-0.4, -0.2) is 49.3 Å². The van der Waals surface area contributed by atoms with Crippen LogP contribution in [0.5, 0.6) is 5.75 Å². The number of aromatic nitrogens is 3. The molecule has 11 heteroatoms. The number of hydrogen-bond donors (Lipinski definition) is 3. The first-order valence-electron chi connectivity index (χ1n) is 12.3. The minimum absolute atomic E-state index is 0.0318. The van der Waals surface area contributed by atoms with Crippen LogP contribution in [0.1, 0.15) is 62.4 Å². The van der Waals surface area contributed by atoms with Crippen LogP contribution >= 0.6 is 0 Å². The molecule has 37 heavy (non-hydrogen) atoms. The molecule has 3 aromatic rings. The molecule has 0 spiro atoms. The summed E-state index contributed by atoms with van der Waals surface area (Å²) in [5.41, 5.74) is -2.09. The highest BCUT2D eigenvalue weighted by atomic mass is 19.4. The Morgan fingerprint density at radius 2 is 1.89 bits per heavy atom. The summed E-state index contributed by atoms with van der Waals surface area (Å²) in [6.07, 6.45) is -2.06. The lowest BCUT2D eigenvalue weighted by Gasteiger charge is -2.41. The number of fused-ring (bicyclic) bond motifs is 1. The zero-order chi connectivity index (χ0) is 26.8. The molecule has 0 radical (unpaired) electrons. The fourth-order valence-corrected chi connectivity index (χ4v) is 5.70. The highest BCUT2D eigenvalue weighted by Gasteiger charge is 2.44. The van der Waals surface area contributed by atoms with E-state index in [1.807, 2.05) is 26.0 Å². The van der Waals surface area contributed by atoms with Crippen LogP contribution in [0.25, 0.3) is 10.9 Å². The molecule has 0 amide bonds. The second-order valence-electron chi connectivity index (χ2n) is 10.9. The minimum Gasteiger partial charge on any atom is -0.492 e. The first kappa shape index (κ1) is 25.9. The number of nitrogens with zero attached hydrogens (tertiary/aromatic N) is 3. The van der Waals surface area contributed by atoms with Gasteiger partial charge >= 0.3 is 6.18 Å². The smallest absolute Gasteiger partial charge is 0.418 e. The third-order valence-electron chi connectivity index (χ3n) is 7.38. The average molecular weight is 523 g/mol. The maximum Gasteiger partial charge on any atom is 0.418 e. The van der Waals surface area contributed by atoms with Gasteiger partial charge < -0.3 is 20.3 Å². The third-order valence-corrected chi connectivity index (χ3v) is 7.38. The van der Waals surface area contributed by atoms with Crippen molar-refractivity contribution in [1.82, 2.24) is 20.1 Å². The molecule has 2 fully saturated rings. The van der Waals surface area contributed by atoms with Gasteiger partial charge in [0, 0.05) is 29.5 Å². The van der Waals surface area contributed by atoms with E-state index in [1.165, 1.54) is 6.07 Å². The average Bonchev–Trinajstić information content (AvgIpc) is 3.10. The van der Waals surface area contributed by atoms with E-state index in [-0.39, 0.29) is 54.6 Å². The van der Waals surface area contributed by atoms with Crippen molar-refractivity contribution >= 4 is 10.9 Å². The van der Waals surface area contributed by atoms with E-state index in [2.05, 4.69) is 15.4 Å². The summed E-state index contributed by atoms with van der Waals surface area (Å²) in [4.78, 5) is 4.27. The van der Waals surface area contributed by atoms with E-state index in [4.69, 9.17) is 4.74 Å². The number of hydrogen-bond acceptors (Lipinski definition) is 6. The molecule has 1 saturated heterocycles. The summed E-state index contributed by atoms with van der Waals surface area (Å²) >= 11 is 0. The van der Waals surface area contributed by atoms with Gasteiger partial charge in [-0.1, -0.05) is 6.07 Å². The fraction of sp³-hybridized carbons (Fsp3) is 0.538. The molecule has 0 bridgehead atoms. The predicted molar refractivity (Wildman–Crippen MR) is 128 cm³/mol. The number of rotatable bonds is 5. The van der Waals surface area contributed by atoms with Crippen LogP contribution in [0.4, 0.5) is 17.6 Å². The van der Waals surface area contributed by atoms with Gasteiger partial charge in [0.1, 0.15) is 12.4 Å². The third kappa shape index (κ3) is 5.04. The Labute approximate surface area is 211 Å². The van der Waals surface area contributed by atoms with Crippen molar-refractivity contribution < 1.29 is 32.5 Å². The van der Waals surface area contributed by atoms with E-state index in [0.29, 0.717) is 12.0 Å². The lowest BCUT2D eigenvalue weighted by Crippen LogP contribution is -2.53. The summed E-state index contributed by atoms with van der Waals surface area (Å²) in [7, 11) is 0. The number of aliphatic hydroxyl groups is 2. The number of ether oxygens (including phenoxy) is 1. The highest BCUT2D eigenvalue weighted by Crippen LogP contribution is 2.45. The molecule has 1 aliphatic heterocycles. The Balaban J connectivity index is 1.40. The van der Waals surface area contributed by atoms with Crippen LogP contribution in [0, 0.1) is 12.9 Å². The number of piperidine rings is 1. The van der Waals surface area contributed by atoms with Crippen LogP contribution in [0.3, 0.4) is 0 Å². The van der Waals surface area contributed by atoms with Crippen molar-refractivity contribution in [2.24, 2.45) is 0 Å². The molecule has 5 rings (SSSR count). The zero-order valence-corrected chi connectivity index (χ0v) is 20.8. The van der Waals surface area contributed by atoms with Crippen LogP contribution < -0.4 is 10.1 Å². The van der Waals surface area contributed by atoms with Crippen molar-refractivity contribution in [2.75, 3.05) is 6.61 Å². The number of nitrogens with one attached hydrogen (secondary N) is 1. The maximum atomic E-state index is 14.8. The second kappa shape index (κ2) is 8.92. The molecule has 1 saturated carbocycles. The highest BCUT2D eigenvalue weighted by molar-refractivity contribution is 5.85. The van der Waals surface area contributed by atoms with Gasteiger partial charge in [-0.15, -0.1) is 5.10 Å². The Hall–Kier alpha value is -2.76.